The van der Waals surface area contributed by atoms with E-state index in [0.29, 0.717) is 25.9 Å². The second-order valence-corrected chi connectivity index (χ2v) is 8.96. The van der Waals surface area contributed by atoms with Crippen LogP contribution >= 0.6 is 0 Å². The molecule has 0 aliphatic heterocycles. The topological polar surface area (TPSA) is 66.5 Å². The SMILES string of the molecule is CNS(=O)(=O)c1ccc(CCC(=O)N(Cc2ccccc2)Cc2ccccc2)cc1. The van der Waals surface area contributed by atoms with Crippen LogP contribution in [0.25, 0.3) is 0 Å². The zero-order valence-electron chi connectivity index (χ0n) is 17.0. The van der Waals surface area contributed by atoms with Crippen molar-refractivity contribution >= 4 is 15.9 Å². The third-order valence-electron chi connectivity index (χ3n) is 4.92. The van der Waals surface area contributed by atoms with E-state index >= 15 is 0 Å². The van der Waals surface area contributed by atoms with Gasteiger partial charge in [0.1, 0.15) is 0 Å². The van der Waals surface area contributed by atoms with E-state index in [4.69, 9.17) is 0 Å². The van der Waals surface area contributed by atoms with Gasteiger partial charge in [-0.15, -0.1) is 0 Å². The van der Waals surface area contributed by atoms with E-state index in [1.165, 1.54) is 7.05 Å². The van der Waals surface area contributed by atoms with Crippen LogP contribution in [-0.4, -0.2) is 26.3 Å². The Morgan fingerprint density at radius 1 is 0.767 bits per heavy atom. The maximum absolute atomic E-state index is 13.0. The summed E-state index contributed by atoms with van der Waals surface area (Å²) in [4.78, 5) is 15.1. The Morgan fingerprint density at radius 2 is 1.27 bits per heavy atom. The molecule has 0 bridgehead atoms. The Kier molecular flexibility index (Phi) is 7.38. The first kappa shape index (κ1) is 21.7. The van der Waals surface area contributed by atoms with Gasteiger partial charge in [-0.3, -0.25) is 4.79 Å². The number of hydrogen-bond acceptors (Lipinski definition) is 3. The molecule has 3 aromatic carbocycles. The quantitative estimate of drug-likeness (QED) is 0.571. The molecule has 1 amide bonds. The first-order valence-corrected chi connectivity index (χ1v) is 11.3. The van der Waals surface area contributed by atoms with E-state index < -0.39 is 10.0 Å². The molecule has 0 fully saturated rings. The van der Waals surface area contributed by atoms with Crippen molar-refractivity contribution in [2.45, 2.75) is 30.8 Å². The lowest BCUT2D eigenvalue weighted by Crippen LogP contribution is -2.30. The molecule has 0 saturated heterocycles. The summed E-state index contributed by atoms with van der Waals surface area (Å²) in [5.41, 5.74) is 3.10. The van der Waals surface area contributed by atoms with Crippen molar-refractivity contribution < 1.29 is 13.2 Å². The lowest BCUT2D eigenvalue weighted by Gasteiger charge is -2.23. The van der Waals surface area contributed by atoms with Gasteiger partial charge in [0.2, 0.25) is 15.9 Å². The van der Waals surface area contributed by atoms with Gasteiger partial charge in [-0.05, 0) is 42.3 Å². The van der Waals surface area contributed by atoms with Crippen molar-refractivity contribution in [2.24, 2.45) is 0 Å². The van der Waals surface area contributed by atoms with Crippen LogP contribution in [0.3, 0.4) is 0 Å². The maximum Gasteiger partial charge on any atom is 0.240 e. The normalized spacial score (nSPS) is 11.2. The molecule has 0 unspecified atom stereocenters. The number of sulfonamides is 1. The van der Waals surface area contributed by atoms with Gasteiger partial charge >= 0.3 is 0 Å². The first-order chi connectivity index (χ1) is 14.5. The fourth-order valence-corrected chi connectivity index (χ4v) is 3.93. The molecule has 0 aromatic heterocycles. The number of hydrogen-bond donors (Lipinski definition) is 1. The molecule has 6 heteroatoms. The van der Waals surface area contributed by atoms with Crippen LogP contribution in [0.1, 0.15) is 23.1 Å². The number of benzene rings is 3. The van der Waals surface area contributed by atoms with E-state index in [9.17, 15) is 13.2 Å². The summed E-state index contributed by atoms with van der Waals surface area (Å²) in [5.74, 6) is 0.0645. The predicted molar refractivity (Wildman–Crippen MR) is 118 cm³/mol. The molecular weight excluding hydrogens is 396 g/mol. The highest BCUT2D eigenvalue weighted by molar-refractivity contribution is 7.89. The van der Waals surface area contributed by atoms with Crippen LogP contribution in [-0.2, 0) is 34.3 Å². The zero-order valence-corrected chi connectivity index (χ0v) is 17.8. The van der Waals surface area contributed by atoms with Crippen molar-refractivity contribution in [2.75, 3.05) is 7.05 Å². The summed E-state index contributed by atoms with van der Waals surface area (Å²) in [5, 5.41) is 0. The highest BCUT2D eigenvalue weighted by Crippen LogP contribution is 2.15. The second kappa shape index (κ2) is 10.2. The van der Waals surface area contributed by atoms with Crippen molar-refractivity contribution in [1.82, 2.24) is 9.62 Å². The summed E-state index contributed by atoms with van der Waals surface area (Å²) in [6, 6.07) is 26.6. The van der Waals surface area contributed by atoms with Crippen LogP contribution in [0.15, 0.2) is 89.8 Å². The number of rotatable bonds is 9. The highest BCUT2D eigenvalue weighted by atomic mass is 32.2. The monoisotopic (exact) mass is 422 g/mol. The summed E-state index contributed by atoms with van der Waals surface area (Å²) in [6.45, 7) is 1.10. The second-order valence-electron chi connectivity index (χ2n) is 7.07. The molecule has 30 heavy (non-hydrogen) atoms. The minimum absolute atomic E-state index is 0.0645. The Hall–Kier alpha value is -2.96. The van der Waals surface area contributed by atoms with Crippen molar-refractivity contribution in [3.63, 3.8) is 0 Å². The molecule has 0 saturated carbocycles. The Morgan fingerprint density at radius 3 is 1.73 bits per heavy atom. The molecule has 0 aliphatic rings. The Bertz CT molecular complexity index is 1010. The molecule has 0 spiro atoms. The van der Waals surface area contributed by atoms with E-state index in [0.717, 1.165) is 16.7 Å². The van der Waals surface area contributed by atoms with E-state index in [2.05, 4.69) is 4.72 Å². The van der Waals surface area contributed by atoms with Gasteiger partial charge < -0.3 is 4.90 Å². The number of carbonyl (C=O) groups excluding carboxylic acids is 1. The largest absolute Gasteiger partial charge is 0.334 e. The van der Waals surface area contributed by atoms with Crippen molar-refractivity contribution in [1.29, 1.82) is 0 Å². The lowest BCUT2D eigenvalue weighted by atomic mass is 10.1. The summed E-state index contributed by atoms with van der Waals surface area (Å²) in [6.07, 6.45) is 0.913. The van der Waals surface area contributed by atoms with E-state index in [-0.39, 0.29) is 10.8 Å². The number of amides is 1. The minimum Gasteiger partial charge on any atom is -0.334 e. The molecule has 0 atom stereocenters. The minimum atomic E-state index is -3.45. The van der Waals surface area contributed by atoms with Crippen LogP contribution in [0, 0.1) is 0 Å². The highest BCUT2D eigenvalue weighted by Gasteiger charge is 2.15. The summed E-state index contributed by atoms with van der Waals surface area (Å²) in [7, 11) is -2.07. The maximum atomic E-state index is 13.0. The summed E-state index contributed by atoms with van der Waals surface area (Å²) >= 11 is 0. The summed E-state index contributed by atoms with van der Waals surface area (Å²) < 4.78 is 26.0. The van der Waals surface area contributed by atoms with Crippen molar-refractivity contribution in [3.8, 4) is 0 Å². The molecule has 3 aromatic rings. The van der Waals surface area contributed by atoms with Gasteiger partial charge in [0.25, 0.3) is 0 Å². The van der Waals surface area contributed by atoms with Gasteiger partial charge in [0, 0.05) is 19.5 Å². The molecule has 3 rings (SSSR count). The molecule has 0 heterocycles. The predicted octanol–water partition coefficient (Wildman–Crippen LogP) is 3.76. The Balaban J connectivity index is 1.68. The average Bonchev–Trinajstić information content (AvgIpc) is 2.78. The number of nitrogens with zero attached hydrogens (tertiary/aromatic N) is 1. The van der Waals surface area contributed by atoms with Crippen molar-refractivity contribution in [3.05, 3.63) is 102 Å². The fourth-order valence-electron chi connectivity index (χ4n) is 3.20. The smallest absolute Gasteiger partial charge is 0.240 e. The van der Waals surface area contributed by atoms with Crippen LogP contribution in [0.4, 0.5) is 0 Å². The van der Waals surface area contributed by atoms with Gasteiger partial charge in [-0.2, -0.15) is 0 Å². The average molecular weight is 423 g/mol. The third-order valence-corrected chi connectivity index (χ3v) is 6.35. The van der Waals surface area contributed by atoms with E-state index in [1.807, 2.05) is 65.6 Å². The number of aryl methyl sites for hydroxylation is 1. The molecule has 0 aliphatic carbocycles. The number of nitrogens with one attached hydrogen (secondary N) is 1. The van der Waals surface area contributed by atoms with Crippen LogP contribution in [0.2, 0.25) is 0 Å². The van der Waals surface area contributed by atoms with Gasteiger partial charge in [0.05, 0.1) is 4.90 Å². The van der Waals surface area contributed by atoms with E-state index in [1.54, 1.807) is 24.3 Å². The molecule has 0 radical (unpaired) electrons. The molecular formula is C24H26N2O3S. The first-order valence-electron chi connectivity index (χ1n) is 9.86. The lowest BCUT2D eigenvalue weighted by molar-refractivity contribution is -0.132. The molecule has 156 valence electrons. The number of carbonyl (C=O) groups is 1. The van der Waals surface area contributed by atoms with Crippen LogP contribution < -0.4 is 4.72 Å². The van der Waals surface area contributed by atoms with Gasteiger partial charge in [-0.25, -0.2) is 13.1 Å². The standard InChI is InChI=1S/C24H26N2O3S/c1-25-30(28,29)23-15-12-20(13-16-23)14-17-24(27)26(18-21-8-4-2-5-9-21)19-22-10-6-3-7-11-22/h2-13,15-16,25H,14,17-19H2,1H3. The zero-order chi connectivity index (χ0) is 21.4. The fraction of sp³-hybridized carbons (Fsp3) is 0.208. The molecule has 1 N–H and O–H groups in total. The van der Waals surface area contributed by atoms with Gasteiger partial charge in [-0.1, -0.05) is 72.8 Å². The molecule has 5 nitrogen and oxygen atoms in total. The Labute approximate surface area is 178 Å². The van der Waals surface area contributed by atoms with Crippen LogP contribution in [0.5, 0.6) is 0 Å². The van der Waals surface area contributed by atoms with Gasteiger partial charge in [0.15, 0.2) is 0 Å². The third kappa shape index (κ3) is 6.02.